The summed E-state index contributed by atoms with van der Waals surface area (Å²) in [4.78, 5) is 14.8. The highest BCUT2D eigenvalue weighted by atomic mass is 79.9. The van der Waals surface area contributed by atoms with E-state index in [0.717, 1.165) is 79.0 Å². The van der Waals surface area contributed by atoms with Crippen LogP contribution in [0.5, 0.6) is 5.75 Å². The maximum Gasteiger partial charge on any atom is 0.337 e. The predicted octanol–water partition coefficient (Wildman–Crippen LogP) is 7.28. The van der Waals surface area contributed by atoms with Crippen LogP contribution >= 0.6 is 39.1 Å². The quantitative estimate of drug-likeness (QED) is 0.244. The van der Waals surface area contributed by atoms with Crippen molar-refractivity contribution >= 4 is 50.8 Å². The van der Waals surface area contributed by atoms with Gasteiger partial charge in [0.2, 0.25) is 0 Å². The number of hydrogen-bond acceptors (Lipinski definition) is 5. The third kappa shape index (κ3) is 6.14. The molecule has 2 aromatic carbocycles. The molecule has 1 saturated carbocycles. The standard InChI is InChI=1S/C31H36BrCl2NO4/c1-38-30(37)21-7-11-29-27(15-21)35(17-22-6-9-25(22)28(36)16-23(32)5-3-13-33)18-31(19-39-29)12-2-4-20-14-24(34)8-10-26(20)31/h7-8,10-11,14-16,22,25,28,36H,2-6,9,12-13,17-19H2,1H3/b23-16-/t22-,25+,28?,31-/m0/s1. The van der Waals surface area contributed by atoms with Gasteiger partial charge in [-0.3, -0.25) is 0 Å². The van der Waals surface area contributed by atoms with Crippen LogP contribution in [0, 0.1) is 11.8 Å². The molecule has 0 radical (unpaired) electrons. The second-order valence-corrected chi connectivity index (χ2v) is 13.0. The number of methoxy groups -OCH3 is 1. The second kappa shape index (κ2) is 12.4. The van der Waals surface area contributed by atoms with Crippen molar-refractivity contribution in [2.45, 2.75) is 56.5 Å². The topological polar surface area (TPSA) is 59.0 Å². The highest BCUT2D eigenvalue weighted by Gasteiger charge is 2.44. The molecule has 1 unspecified atom stereocenters. The van der Waals surface area contributed by atoms with E-state index in [1.165, 1.54) is 18.2 Å². The van der Waals surface area contributed by atoms with E-state index < -0.39 is 6.10 Å². The van der Waals surface area contributed by atoms with Crippen LogP contribution in [-0.2, 0) is 16.6 Å². The Morgan fingerprint density at radius 2 is 2.15 bits per heavy atom. The molecule has 1 spiro atoms. The van der Waals surface area contributed by atoms with Gasteiger partial charge in [-0.05, 0) is 109 Å². The minimum Gasteiger partial charge on any atom is -0.490 e. The first kappa shape index (κ1) is 28.8. The summed E-state index contributed by atoms with van der Waals surface area (Å²) in [5.41, 5.74) is 3.83. The minimum atomic E-state index is -0.510. The number of aryl methyl sites for hydroxylation is 1. The number of benzene rings is 2. The van der Waals surface area contributed by atoms with Crippen LogP contribution in [0.1, 0.15) is 60.0 Å². The highest BCUT2D eigenvalue weighted by molar-refractivity contribution is 9.11. The van der Waals surface area contributed by atoms with Gasteiger partial charge in [-0.2, -0.15) is 0 Å². The minimum absolute atomic E-state index is 0.179. The Hall–Kier alpha value is -1.73. The first-order valence-electron chi connectivity index (χ1n) is 13.8. The number of allylic oxidation sites excluding steroid dienone is 1. The molecule has 39 heavy (non-hydrogen) atoms. The zero-order valence-corrected chi connectivity index (χ0v) is 25.4. The Kier molecular flexibility index (Phi) is 9.17. The number of esters is 1. The summed E-state index contributed by atoms with van der Waals surface area (Å²) < 4.78 is 12.6. The molecule has 5 rings (SSSR count). The molecule has 0 amide bonds. The summed E-state index contributed by atoms with van der Waals surface area (Å²) in [6.45, 7) is 2.12. The fourth-order valence-corrected chi connectivity index (χ4v) is 7.42. The third-order valence-corrected chi connectivity index (χ3v) is 9.89. The lowest BCUT2D eigenvalue weighted by Gasteiger charge is -2.45. The fraction of sp³-hybridized carbons (Fsp3) is 0.516. The number of anilines is 1. The predicted molar refractivity (Wildman–Crippen MR) is 161 cm³/mol. The third-order valence-electron chi connectivity index (χ3n) is 8.73. The summed E-state index contributed by atoms with van der Waals surface area (Å²) in [5.74, 6) is 1.52. The van der Waals surface area contributed by atoms with Crippen molar-refractivity contribution in [2.75, 3.05) is 37.6 Å². The Morgan fingerprint density at radius 3 is 2.90 bits per heavy atom. The number of carbonyl (C=O) groups excluding carboxylic acids is 1. The van der Waals surface area contributed by atoms with Gasteiger partial charge >= 0.3 is 5.97 Å². The van der Waals surface area contributed by atoms with E-state index in [4.69, 9.17) is 32.7 Å². The van der Waals surface area contributed by atoms with Crippen LogP contribution in [-0.4, -0.2) is 49.9 Å². The average molecular weight is 637 g/mol. The number of rotatable bonds is 8. The molecule has 2 aromatic rings. The van der Waals surface area contributed by atoms with Crippen LogP contribution in [0.25, 0.3) is 0 Å². The molecular formula is C31H36BrCl2NO4. The number of ether oxygens (including phenoxy) is 2. The van der Waals surface area contributed by atoms with Crippen LogP contribution < -0.4 is 9.64 Å². The lowest BCUT2D eigenvalue weighted by atomic mass is 9.68. The summed E-state index contributed by atoms with van der Waals surface area (Å²) >= 11 is 15.8. The van der Waals surface area contributed by atoms with E-state index in [2.05, 4.69) is 33.0 Å². The van der Waals surface area contributed by atoms with E-state index in [9.17, 15) is 9.90 Å². The van der Waals surface area contributed by atoms with Crippen LogP contribution in [0.3, 0.4) is 0 Å². The normalized spacial score (nSPS) is 25.2. The van der Waals surface area contributed by atoms with Crippen molar-refractivity contribution in [2.24, 2.45) is 11.8 Å². The van der Waals surface area contributed by atoms with Gasteiger partial charge in [0.05, 0.1) is 31.1 Å². The monoisotopic (exact) mass is 635 g/mol. The van der Waals surface area contributed by atoms with Gasteiger partial charge in [-0.25, -0.2) is 4.79 Å². The average Bonchev–Trinajstić information content (AvgIpc) is 3.06. The largest absolute Gasteiger partial charge is 0.490 e. The Labute approximate surface area is 249 Å². The Balaban J connectivity index is 1.46. The summed E-state index contributed by atoms with van der Waals surface area (Å²) in [6, 6.07) is 11.8. The molecule has 3 aliphatic rings. The van der Waals surface area contributed by atoms with E-state index in [-0.39, 0.29) is 17.3 Å². The van der Waals surface area contributed by atoms with Gasteiger partial charge in [-0.15, -0.1) is 11.6 Å². The molecule has 210 valence electrons. The molecule has 8 heteroatoms. The van der Waals surface area contributed by atoms with Crippen LogP contribution in [0.4, 0.5) is 5.69 Å². The van der Waals surface area contributed by atoms with Gasteiger partial charge in [0, 0.05) is 29.4 Å². The molecule has 1 aliphatic heterocycles. The first-order chi connectivity index (χ1) is 18.8. The molecule has 0 aromatic heterocycles. The number of halogens is 3. The van der Waals surface area contributed by atoms with Gasteiger partial charge in [0.25, 0.3) is 0 Å². The van der Waals surface area contributed by atoms with E-state index in [1.54, 1.807) is 6.07 Å². The molecule has 2 aliphatic carbocycles. The highest BCUT2D eigenvalue weighted by Crippen LogP contribution is 2.46. The van der Waals surface area contributed by atoms with Gasteiger partial charge < -0.3 is 19.5 Å². The number of nitrogens with zero attached hydrogens (tertiary/aromatic N) is 1. The SMILES string of the molecule is COC(=O)c1ccc2c(c1)N(C[C@@H]1CC[C@H]1C(O)/C=C(\Br)CCCCl)C[C@@]1(CCCc3cc(Cl)ccc31)CO2. The van der Waals surface area contributed by atoms with Crippen molar-refractivity contribution < 1.29 is 19.4 Å². The van der Waals surface area contributed by atoms with Gasteiger partial charge in [0.15, 0.2) is 0 Å². The van der Waals surface area contributed by atoms with Crippen molar-refractivity contribution in [1.82, 2.24) is 0 Å². The number of aliphatic hydroxyl groups is 1. The van der Waals surface area contributed by atoms with Crippen LogP contribution in [0.2, 0.25) is 5.02 Å². The Bertz CT molecular complexity index is 1240. The zero-order valence-electron chi connectivity index (χ0n) is 22.3. The maximum absolute atomic E-state index is 12.4. The molecule has 1 heterocycles. The number of hydrogen-bond donors (Lipinski definition) is 1. The van der Waals surface area contributed by atoms with Gasteiger partial charge in [0.1, 0.15) is 5.75 Å². The number of aliphatic hydroxyl groups excluding tert-OH is 1. The second-order valence-electron chi connectivity index (χ2n) is 11.2. The van der Waals surface area contributed by atoms with E-state index >= 15 is 0 Å². The summed E-state index contributed by atoms with van der Waals surface area (Å²) in [6.07, 6.45) is 8.28. The molecular weight excluding hydrogens is 601 g/mol. The number of alkyl halides is 1. The van der Waals surface area contributed by atoms with E-state index in [1.807, 2.05) is 24.3 Å². The summed E-state index contributed by atoms with van der Waals surface area (Å²) in [7, 11) is 1.40. The first-order valence-corrected chi connectivity index (χ1v) is 15.5. The zero-order chi connectivity index (χ0) is 27.6. The molecule has 1 N–H and O–H groups in total. The maximum atomic E-state index is 12.4. The van der Waals surface area contributed by atoms with Crippen molar-refractivity contribution in [3.05, 3.63) is 68.7 Å². The lowest BCUT2D eigenvalue weighted by molar-refractivity contribution is 0.0455. The fourth-order valence-electron chi connectivity index (χ4n) is 6.54. The Morgan fingerprint density at radius 1 is 1.31 bits per heavy atom. The lowest BCUT2D eigenvalue weighted by Crippen LogP contribution is -2.49. The molecule has 1 fully saturated rings. The number of fused-ring (bicyclic) bond motifs is 3. The molecule has 5 nitrogen and oxygen atoms in total. The smallest absolute Gasteiger partial charge is 0.337 e. The molecule has 4 atom stereocenters. The van der Waals surface area contributed by atoms with E-state index in [0.29, 0.717) is 24.0 Å². The van der Waals surface area contributed by atoms with Crippen molar-refractivity contribution in [3.8, 4) is 5.75 Å². The molecule has 0 bridgehead atoms. The van der Waals surface area contributed by atoms with Crippen molar-refractivity contribution in [1.29, 1.82) is 0 Å². The number of carbonyl (C=O) groups is 1. The summed E-state index contributed by atoms with van der Waals surface area (Å²) in [5, 5.41) is 11.8. The van der Waals surface area contributed by atoms with Crippen LogP contribution in [0.15, 0.2) is 47.0 Å². The van der Waals surface area contributed by atoms with Gasteiger partial charge in [-0.1, -0.05) is 33.6 Å². The van der Waals surface area contributed by atoms with Crippen molar-refractivity contribution in [3.63, 3.8) is 0 Å². The molecule has 0 saturated heterocycles.